The van der Waals surface area contributed by atoms with Gasteiger partial charge in [0.15, 0.2) is 0 Å². The van der Waals surface area contributed by atoms with E-state index in [1.165, 1.54) is 12.8 Å². The number of nitrogens with one attached hydrogen (secondary N) is 1. The second-order valence-corrected chi connectivity index (χ2v) is 8.70. The maximum absolute atomic E-state index is 12.6. The van der Waals surface area contributed by atoms with Crippen LogP contribution in [0.15, 0.2) is 0 Å². The van der Waals surface area contributed by atoms with Crippen molar-refractivity contribution in [3.8, 4) is 0 Å². The highest BCUT2D eigenvalue weighted by molar-refractivity contribution is 5.69. The molecular formula is C19H36N2O3. The molecule has 0 aromatic rings. The number of hydrogen-bond acceptors (Lipinski definition) is 4. The van der Waals surface area contributed by atoms with Gasteiger partial charge in [-0.15, -0.1) is 0 Å². The van der Waals surface area contributed by atoms with Crippen molar-refractivity contribution in [2.75, 3.05) is 13.2 Å². The predicted molar refractivity (Wildman–Crippen MR) is 95.9 cm³/mol. The van der Waals surface area contributed by atoms with E-state index in [1.54, 1.807) is 0 Å². The van der Waals surface area contributed by atoms with Gasteiger partial charge in [-0.2, -0.15) is 0 Å². The summed E-state index contributed by atoms with van der Waals surface area (Å²) in [6.45, 7) is 11.0. The van der Waals surface area contributed by atoms with Crippen LogP contribution in [0.5, 0.6) is 0 Å². The third-order valence-corrected chi connectivity index (χ3v) is 5.61. The van der Waals surface area contributed by atoms with Crippen molar-refractivity contribution in [2.45, 2.75) is 90.4 Å². The first-order valence-electron chi connectivity index (χ1n) is 9.59. The number of aliphatic hydroxyl groups excluding tert-OH is 1. The van der Waals surface area contributed by atoms with Gasteiger partial charge >= 0.3 is 6.09 Å². The van der Waals surface area contributed by atoms with Crippen LogP contribution in [0.2, 0.25) is 0 Å². The van der Waals surface area contributed by atoms with Crippen molar-refractivity contribution in [1.82, 2.24) is 10.2 Å². The van der Waals surface area contributed by atoms with Crippen LogP contribution in [0.4, 0.5) is 4.79 Å². The maximum atomic E-state index is 12.6. The van der Waals surface area contributed by atoms with Crippen LogP contribution in [-0.2, 0) is 4.74 Å². The van der Waals surface area contributed by atoms with Gasteiger partial charge in [-0.25, -0.2) is 4.79 Å². The molecule has 5 nitrogen and oxygen atoms in total. The molecule has 1 aliphatic carbocycles. The van der Waals surface area contributed by atoms with Crippen LogP contribution in [-0.4, -0.2) is 53.0 Å². The van der Waals surface area contributed by atoms with Crippen LogP contribution >= 0.6 is 0 Å². The molecular weight excluding hydrogens is 304 g/mol. The predicted octanol–water partition coefficient (Wildman–Crippen LogP) is 3.16. The zero-order chi connectivity index (χ0) is 17.9. The summed E-state index contributed by atoms with van der Waals surface area (Å²) in [6.07, 6.45) is 5.52. The van der Waals surface area contributed by atoms with Gasteiger partial charge < -0.3 is 20.1 Å². The van der Waals surface area contributed by atoms with Gasteiger partial charge in [-0.3, -0.25) is 0 Å². The topological polar surface area (TPSA) is 61.8 Å². The highest BCUT2D eigenvalue weighted by Crippen LogP contribution is 2.37. The Bertz CT molecular complexity index is 421. The fourth-order valence-electron chi connectivity index (χ4n) is 4.10. The Labute approximate surface area is 147 Å². The summed E-state index contributed by atoms with van der Waals surface area (Å²) in [4.78, 5) is 14.5. The molecule has 1 amide bonds. The monoisotopic (exact) mass is 340 g/mol. The van der Waals surface area contributed by atoms with E-state index in [1.807, 2.05) is 25.7 Å². The molecule has 2 fully saturated rings. The average Bonchev–Trinajstić information content (AvgIpc) is 3.12. The standard InChI is InChI=1S/C19H36N2O3/c1-13(12-22)14(2)20-16-9-6-8-15(16)17-10-7-11-21(17)18(23)24-19(3,4)5/h13-17,20,22H,6-12H2,1-5H3. The Kier molecular flexibility index (Phi) is 6.54. The lowest BCUT2D eigenvalue weighted by molar-refractivity contribution is 0.0163. The molecule has 0 bridgehead atoms. The summed E-state index contributed by atoms with van der Waals surface area (Å²) in [5, 5.41) is 13.1. The maximum Gasteiger partial charge on any atom is 0.410 e. The lowest BCUT2D eigenvalue weighted by Gasteiger charge is -2.36. The van der Waals surface area contributed by atoms with E-state index in [4.69, 9.17) is 4.74 Å². The minimum atomic E-state index is -0.442. The minimum absolute atomic E-state index is 0.160. The molecule has 5 atom stereocenters. The fraction of sp³-hybridized carbons (Fsp3) is 0.947. The summed E-state index contributed by atoms with van der Waals surface area (Å²) in [6, 6.07) is 1.01. The first-order valence-corrected chi connectivity index (χ1v) is 9.59. The largest absolute Gasteiger partial charge is 0.444 e. The molecule has 0 radical (unpaired) electrons. The van der Waals surface area contributed by atoms with Gasteiger partial charge in [-0.1, -0.05) is 13.3 Å². The van der Waals surface area contributed by atoms with Crippen molar-refractivity contribution < 1.29 is 14.6 Å². The Morgan fingerprint density at radius 2 is 1.96 bits per heavy atom. The van der Waals surface area contributed by atoms with Gasteiger partial charge in [0.25, 0.3) is 0 Å². The highest BCUT2D eigenvalue weighted by atomic mass is 16.6. The van der Waals surface area contributed by atoms with Crippen LogP contribution in [0.1, 0.15) is 66.7 Å². The number of ether oxygens (including phenoxy) is 1. The highest BCUT2D eigenvalue weighted by Gasteiger charge is 2.42. The number of carbonyl (C=O) groups excluding carboxylic acids is 1. The molecule has 24 heavy (non-hydrogen) atoms. The molecule has 2 rings (SSSR count). The molecule has 1 heterocycles. The van der Waals surface area contributed by atoms with Crippen molar-refractivity contribution in [3.05, 3.63) is 0 Å². The normalized spacial score (nSPS) is 30.4. The van der Waals surface area contributed by atoms with Crippen LogP contribution in [0.25, 0.3) is 0 Å². The number of nitrogens with zero attached hydrogens (tertiary/aromatic N) is 1. The summed E-state index contributed by atoms with van der Waals surface area (Å²) in [5.74, 6) is 0.741. The molecule has 1 saturated carbocycles. The van der Waals surface area contributed by atoms with E-state index in [2.05, 4.69) is 19.2 Å². The number of amides is 1. The quantitative estimate of drug-likeness (QED) is 0.807. The summed E-state index contributed by atoms with van der Waals surface area (Å²) < 4.78 is 5.62. The first-order chi connectivity index (χ1) is 11.2. The second-order valence-electron chi connectivity index (χ2n) is 8.70. The molecule has 5 unspecified atom stereocenters. The summed E-state index contributed by atoms with van der Waals surface area (Å²) in [7, 11) is 0. The van der Waals surface area contributed by atoms with Crippen LogP contribution in [0.3, 0.4) is 0 Å². The Morgan fingerprint density at radius 3 is 2.58 bits per heavy atom. The zero-order valence-electron chi connectivity index (χ0n) is 16.0. The molecule has 1 aliphatic heterocycles. The van der Waals surface area contributed by atoms with Crippen molar-refractivity contribution in [1.29, 1.82) is 0 Å². The molecule has 5 heteroatoms. The number of hydrogen-bond donors (Lipinski definition) is 2. The van der Waals surface area contributed by atoms with Crippen LogP contribution in [0, 0.1) is 11.8 Å². The molecule has 0 aromatic heterocycles. The van der Waals surface area contributed by atoms with Gasteiger partial charge in [0.05, 0.1) is 0 Å². The number of aliphatic hydroxyl groups is 1. The van der Waals surface area contributed by atoms with Gasteiger partial charge in [0.2, 0.25) is 0 Å². The van der Waals surface area contributed by atoms with Gasteiger partial charge in [0, 0.05) is 31.3 Å². The van der Waals surface area contributed by atoms with E-state index in [9.17, 15) is 9.90 Å². The second kappa shape index (κ2) is 8.05. The Hall–Kier alpha value is -0.810. The van der Waals surface area contributed by atoms with E-state index < -0.39 is 5.60 Å². The number of likely N-dealkylation sites (tertiary alicyclic amines) is 1. The third-order valence-electron chi connectivity index (χ3n) is 5.61. The summed E-state index contributed by atoms with van der Waals surface area (Å²) in [5.41, 5.74) is -0.442. The Balaban J connectivity index is 2.01. The van der Waals surface area contributed by atoms with E-state index in [0.717, 1.165) is 25.8 Å². The molecule has 2 N–H and O–H groups in total. The molecule has 0 aromatic carbocycles. The molecule has 2 aliphatic rings. The molecule has 1 saturated heterocycles. The zero-order valence-corrected chi connectivity index (χ0v) is 16.0. The van der Waals surface area contributed by atoms with Gasteiger partial charge in [-0.05, 0) is 65.2 Å². The van der Waals surface area contributed by atoms with E-state index in [-0.39, 0.29) is 30.7 Å². The van der Waals surface area contributed by atoms with E-state index >= 15 is 0 Å². The summed E-state index contributed by atoms with van der Waals surface area (Å²) >= 11 is 0. The van der Waals surface area contributed by atoms with Gasteiger partial charge in [0.1, 0.15) is 5.60 Å². The molecule has 140 valence electrons. The smallest absolute Gasteiger partial charge is 0.410 e. The minimum Gasteiger partial charge on any atom is -0.444 e. The number of carbonyl (C=O) groups is 1. The third kappa shape index (κ3) is 4.85. The van der Waals surface area contributed by atoms with Crippen molar-refractivity contribution in [3.63, 3.8) is 0 Å². The Morgan fingerprint density at radius 1 is 1.25 bits per heavy atom. The number of rotatable bonds is 5. The lowest BCUT2D eigenvalue weighted by Crippen LogP contribution is -2.50. The SMILES string of the molecule is CC(CO)C(C)NC1CCCC1C1CCCN1C(=O)OC(C)(C)C. The first kappa shape index (κ1) is 19.5. The fourth-order valence-corrected chi connectivity index (χ4v) is 4.10. The lowest BCUT2D eigenvalue weighted by atomic mass is 9.91. The van der Waals surface area contributed by atoms with Crippen LogP contribution < -0.4 is 5.32 Å². The molecule has 0 spiro atoms. The van der Waals surface area contributed by atoms with E-state index in [0.29, 0.717) is 12.0 Å². The average molecular weight is 341 g/mol. The van der Waals surface area contributed by atoms with Crippen molar-refractivity contribution in [2.24, 2.45) is 11.8 Å². The van der Waals surface area contributed by atoms with Crippen molar-refractivity contribution >= 4 is 6.09 Å².